The third-order valence-corrected chi connectivity index (χ3v) is 5.78. The van der Waals surface area contributed by atoms with E-state index in [4.69, 9.17) is 19.0 Å². The molecule has 1 aromatic heterocycles. The molecular weight excluding hydrogens is 481 g/mol. The Morgan fingerprint density at radius 3 is 2.56 bits per heavy atom. The summed E-state index contributed by atoms with van der Waals surface area (Å²) in [5, 5.41) is 3.05. The third kappa shape index (κ3) is 6.05. The van der Waals surface area contributed by atoms with E-state index < -0.39 is 36.0 Å². The standard InChI is InChI=1S/C24H27F3N4O5/c1-13(16-4-3-5-17(21(16)25)22(26)27)28-23-20(24-34-10-11-35-24)18(29-14(2)30-23)12-19(32)31-36-15-6-8-33-9-7-15/h3-5,10-11,13,15,22,24H,6-9,12H2,1-2H3,(H,31,32)(H,28,29,30)/t13-/m1/s1. The number of carbonyl (C=O) groups is 1. The first-order valence-corrected chi connectivity index (χ1v) is 11.5. The number of nitrogens with one attached hydrogen (secondary N) is 2. The lowest BCUT2D eigenvalue weighted by atomic mass is 10.0. The van der Waals surface area contributed by atoms with Gasteiger partial charge in [-0.3, -0.25) is 9.63 Å². The Bertz CT molecular complexity index is 1100. The molecule has 2 N–H and O–H groups in total. The number of hydroxylamine groups is 1. The predicted molar refractivity (Wildman–Crippen MR) is 121 cm³/mol. The van der Waals surface area contributed by atoms with Crippen LogP contribution in [0.4, 0.5) is 19.0 Å². The van der Waals surface area contributed by atoms with Crippen LogP contribution in [0.5, 0.6) is 0 Å². The van der Waals surface area contributed by atoms with Crippen LogP contribution in [0, 0.1) is 12.7 Å². The molecule has 0 bridgehead atoms. The first-order chi connectivity index (χ1) is 17.3. The van der Waals surface area contributed by atoms with E-state index in [2.05, 4.69) is 20.8 Å². The highest BCUT2D eigenvalue weighted by Gasteiger charge is 2.29. The molecule has 0 unspecified atom stereocenters. The number of hydrogen-bond donors (Lipinski definition) is 2. The van der Waals surface area contributed by atoms with Gasteiger partial charge in [0.25, 0.3) is 12.7 Å². The molecule has 2 aliphatic rings. The highest BCUT2D eigenvalue weighted by molar-refractivity contribution is 5.78. The third-order valence-electron chi connectivity index (χ3n) is 5.78. The molecule has 9 nitrogen and oxygen atoms in total. The molecule has 2 aliphatic heterocycles. The number of amides is 1. The average molecular weight is 508 g/mol. The summed E-state index contributed by atoms with van der Waals surface area (Å²) < 4.78 is 57.4. The van der Waals surface area contributed by atoms with Gasteiger partial charge < -0.3 is 19.5 Å². The van der Waals surface area contributed by atoms with E-state index in [9.17, 15) is 18.0 Å². The van der Waals surface area contributed by atoms with Crippen molar-refractivity contribution >= 4 is 11.7 Å². The largest absolute Gasteiger partial charge is 0.455 e. The number of carbonyl (C=O) groups excluding carboxylic acids is 1. The first-order valence-electron chi connectivity index (χ1n) is 11.5. The number of alkyl halides is 2. The minimum Gasteiger partial charge on any atom is -0.455 e. The zero-order chi connectivity index (χ0) is 25.7. The summed E-state index contributed by atoms with van der Waals surface area (Å²) >= 11 is 0. The molecular formula is C24H27F3N4O5. The van der Waals surface area contributed by atoms with Gasteiger partial charge in [0.15, 0.2) is 0 Å². The summed E-state index contributed by atoms with van der Waals surface area (Å²) in [4.78, 5) is 27.0. The minimum atomic E-state index is -2.95. The zero-order valence-electron chi connectivity index (χ0n) is 19.8. The second-order valence-electron chi connectivity index (χ2n) is 8.40. The molecule has 194 valence electrons. The van der Waals surface area contributed by atoms with Crippen molar-refractivity contribution in [3.63, 3.8) is 0 Å². The van der Waals surface area contributed by atoms with Crippen LogP contribution in [0.2, 0.25) is 0 Å². The molecule has 1 fully saturated rings. The van der Waals surface area contributed by atoms with Gasteiger partial charge in [0.05, 0.1) is 35.4 Å². The van der Waals surface area contributed by atoms with Gasteiger partial charge in [-0.15, -0.1) is 0 Å². The molecule has 1 saturated heterocycles. The Balaban J connectivity index is 1.57. The van der Waals surface area contributed by atoms with Crippen LogP contribution < -0.4 is 10.8 Å². The van der Waals surface area contributed by atoms with Gasteiger partial charge in [0.2, 0.25) is 5.91 Å². The van der Waals surface area contributed by atoms with E-state index in [1.807, 2.05) is 0 Å². The van der Waals surface area contributed by atoms with Crippen molar-refractivity contribution in [1.29, 1.82) is 0 Å². The summed E-state index contributed by atoms with van der Waals surface area (Å²) in [5.74, 6) is -0.894. The maximum absolute atomic E-state index is 14.8. The normalized spacial score (nSPS) is 17.1. The predicted octanol–water partition coefficient (Wildman–Crippen LogP) is 4.32. The number of benzene rings is 1. The SMILES string of the molecule is Cc1nc(CC(=O)NOC2CCOCC2)c(C2OC=CO2)c(N[C@H](C)c2cccc(C(F)F)c2F)n1. The van der Waals surface area contributed by atoms with Gasteiger partial charge in [-0.2, -0.15) is 0 Å². The topological polar surface area (TPSA) is 104 Å². The van der Waals surface area contributed by atoms with Crippen molar-refractivity contribution < 1.29 is 37.0 Å². The molecule has 4 rings (SSSR count). The van der Waals surface area contributed by atoms with Crippen molar-refractivity contribution in [2.45, 2.75) is 58.0 Å². The quantitative estimate of drug-likeness (QED) is 0.483. The number of aromatic nitrogens is 2. The van der Waals surface area contributed by atoms with Crippen LogP contribution in [0.3, 0.4) is 0 Å². The summed E-state index contributed by atoms with van der Waals surface area (Å²) in [6, 6.07) is 3.07. The molecule has 3 heterocycles. The summed E-state index contributed by atoms with van der Waals surface area (Å²) in [6.45, 7) is 4.37. The fourth-order valence-corrected chi connectivity index (χ4v) is 3.99. The smallest absolute Gasteiger partial charge is 0.271 e. The lowest BCUT2D eigenvalue weighted by Gasteiger charge is -2.23. The number of halogens is 3. The fourth-order valence-electron chi connectivity index (χ4n) is 3.99. The van der Waals surface area contributed by atoms with E-state index >= 15 is 0 Å². The second kappa shape index (κ2) is 11.6. The first kappa shape index (κ1) is 25.7. The highest BCUT2D eigenvalue weighted by Crippen LogP contribution is 2.35. The van der Waals surface area contributed by atoms with Gasteiger partial charge in [-0.05, 0) is 26.7 Å². The maximum atomic E-state index is 14.8. The van der Waals surface area contributed by atoms with Crippen LogP contribution in [0.15, 0.2) is 30.7 Å². The molecule has 2 aromatic rings. The number of anilines is 1. The summed E-state index contributed by atoms with van der Waals surface area (Å²) in [6.07, 6.45) is -0.221. The molecule has 0 saturated carbocycles. The van der Waals surface area contributed by atoms with Crippen LogP contribution in [0.1, 0.15) is 66.7 Å². The van der Waals surface area contributed by atoms with Crippen molar-refractivity contribution in [2.24, 2.45) is 0 Å². The number of aryl methyl sites for hydroxylation is 1. The molecule has 12 heteroatoms. The Labute approximate surface area is 206 Å². The van der Waals surface area contributed by atoms with Gasteiger partial charge in [0.1, 0.15) is 30.0 Å². The fraction of sp³-hybridized carbons (Fsp3) is 0.458. The molecule has 36 heavy (non-hydrogen) atoms. The zero-order valence-corrected chi connectivity index (χ0v) is 19.8. The van der Waals surface area contributed by atoms with E-state index in [-0.39, 0.29) is 23.9 Å². The molecule has 1 aromatic carbocycles. The van der Waals surface area contributed by atoms with Crippen LogP contribution in [-0.2, 0) is 30.3 Å². The van der Waals surface area contributed by atoms with Crippen LogP contribution in [0.25, 0.3) is 0 Å². The molecule has 0 spiro atoms. The highest BCUT2D eigenvalue weighted by atomic mass is 19.3. The molecule has 0 aliphatic carbocycles. The molecule has 1 amide bonds. The maximum Gasteiger partial charge on any atom is 0.271 e. The Morgan fingerprint density at radius 2 is 1.86 bits per heavy atom. The van der Waals surface area contributed by atoms with Crippen LogP contribution in [-0.4, -0.2) is 35.2 Å². The average Bonchev–Trinajstić information content (AvgIpc) is 3.37. The van der Waals surface area contributed by atoms with Gasteiger partial charge >= 0.3 is 0 Å². The number of rotatable bonds is 9. The monoisotopic (exact) mass is 508 g/mol. The van der Waals surface area contributed by atoms with Gasteiger partial charge in [0, 0.05) is 18.8 Å². The van der Waals surface area contributed by atoms with Gasteiger partial charge in [-0.1, -0.05) is 18.2 Å². The van der Waals surface area contributed by atoms with Crippen molar-refractivity contribution in [3.8, 4) is 0 Å². The van der Waals surface area contributed by atoms with E-state index in [1.54, 1.807) is 13.8 Å². The Morgan fingerprint density at radius 1 is 1.17 bits per heavy atom. The number of ether oxygens (including phenoxy) is 3. The number of nitrogens with zero attached hydrogens (tertiary/aromatic N) is 2. The van der Waals surface area contributed by atoms with Gasteiger partial charge in [-0.25, -0.2) is 28.6 Å². The molecule has 0 radical (unpaired) electrons. The minimum absolute atomic E-state index is 0.0329. The molecule has 1 atom stereocenters. The van der Waals surface area contributed by atoms with E-state index in [1.165, 1.54) is 24.7 Å². The summed E-state index contributed by atoms with van der Waals surface area (Å²) in [7, 11) is 0. The lowest BCUT2D eigenvalue weighted by Crippen LogP contribution is -2.34. The lowest BCUT2D eigenvalue weighted by molar-refractivity contribution is -0.142. The van der Waals surface area contributed by atoms with E-state index in [0.717, 1.165) is 6.07 Å². The number of hydrogen-bond acceptors (Lipinski definition) is 8. The van der Waals surface area contributed by atoms with Crippen LogP contribution >= 0.6 is 0 Å². The van der Waals surface area contributed by atoms with E-state index in [0.29, 0.717) is 43.1 Å². The Kier molecular flexibility index (Phi) is 8.26. The second-order valence-corrected chi connectivity index (χ2v) is 8.40. The summed E-state index contributed by atoms with van der Waals surface area (Å²) in [5.41, 5.74) is 2.43. The Hall–Kier alpha value is -3.38. The van der Waals surface area contributed by atoms with Crippen molar-refractivity contribution in [2.75, 3.05) is 18.5 Å². The van der Waals surface area contributed by atoms with Crippen molar-refractivity contribution in [3.05, 3.63) is 64.7 Å². The van der Waals surface area contributed by atoms with Crippen molar-refractivity contribution in [1.82, 2.24) is 15.4 Å².